The Balaban J connectivity index is 1.63. The summed E-state index contributed by atoms with van der Waals surface area (Å²) >= 11 is 12.2. The number of para-hydroxylation sites is 1. The van der Waals surface area contributed by atoms with Gasteiger partial charge in [0.15, 0.2) is 6.61 Å². The summed E-state index contributed by atoms with van der Waals surface area (Å²) in [5, 5.41) is 3.99. The predicted octanol–water partition coefficient (Wildman–Crippen LogP) is 6.47. The van der Waals surface area contributed by atoms with Crippen LogP contribution in [0.1, 0.15) is 22.7 Å². The fourth-order valence-electron chi connectivity index (χ4n) is 4.03. The molecule has 4 rings (SSSR count). The SMILES string of the molecule is COc1ccc(CN(C(=O)COc2ccccc2Cl)[C@@H](C(=O)NCc2ccc(Cl)cc2)c2ccccc2)cc1. The molecule has 0 heterocycles. The van der Waals surface area contributed by atoms with E-state index in [0.717, 1.165) is 11.1 Å². The Labute approximate surface area is 238 Å². The molecule has 0 saturated heterocycles. The summed E-state index contributed by atoms with van der Waals surface area (Å²) in [7, 11) is 1.59. The van der Waals surface area contributed by atoms with Crippen molar-refractivity contribution >= 4 is 35.0 Å². The number of rotatable bonds is 11. The van der Waals surface area contributed by atoms with Crippen LogP contribution in [0.15, 0.2) is 103 Å². The van der Waals surface area contributed by atoms with Crippen LogP contribution in [0, 0.1) is 0 Å². The summed E-state index contributed by atoms with van der Waals surface area (Å²) < 4.78 is 11.0. The molecule has 2 amide bonds. The lowest BCUT2D eigenvalue weighted by molar-refractivity contribution is -0.143. The minimum atomic E-state index is -0.914. The first kappa shape index (κ1) is 28.0. The summed E-state index contributed by atoms with van der Waals surface area (Å²) in [5.41, 5.74) is 2.38. The molecule has 0 aliphatic carbocycles. The van der Waals surface area contributed by atoms with Gasteiger partial charge in [-0.3, -0.25) is 9.59 Å². The number of nitrogens with zero attached hydrogens (tertiary/aromatic N) is 1. The second-order valence-corrected chi connectivity index (χ2v) is 9.59. The molecular weight excluding hydrogens is 535 g/mol. The van der Waals surface area contributed by atoms with E-state index in [0.29, 0.717) is 27.1 Å². The van der Waals surface area contributed by atoms with Gasteiger partial charge in [-0.25, -0.2) is 0 Å². The number of benzene rings is 4. The number of carbonyl (C=O) groups is 2. The number of ether oxygens (including phenoxy) is 2. The molecule has 0 bridgehead atoms. The Morgan fingerprint density at radius 3 is 2.13 bits per heavy atom. The van der Waals surface area contributed by atoms with Gasteiger partial charge in [0, 0.05) is 18.1 Å². The van der Waals surface area contributed by atoms with Crippen LogP contribution in [0.3, 0.4) is 0 Å². The molecule has 4 aromatic rings. The highest BCUT2D eigenvalue weighted by Gasteiger charge is 2.32. The number of nitrogens with one attached hydrogen (secondary N) is 1. The Kier molecular flexibility index (Phi) is 9.84. The molecule has 0 radical (unpaired) electrons. The van der Waals surface area contributed by atoms with Crippen LogP contribution < -0.4 is 14.8 Å². The van der Waals surface area contributed by atoms with Gasteiger partial charge in [-0.15, -0.1) is 0 Å². The Bertz CT molecular complexity index is 1380. The minimum Gasteiger partial charge on any atom is -0.497 e. The highest BCUT2D eigenvalue weighted by molar-refractivity contribution is 6.32. The van der Waals surface area contributed by atoms with Gasteiger partial charge in [-0.1, -0.05) is 89.9 Å². The van der Waals surface area contributed by atoms with Crippen molar-refractivity contribution in [2.75, 3.05) is 13.7 Å². The van der Waals surface area contributed by atoms with Crippen molar-refractivity contribution in [2.45, 2.75) is 19.1 Å². The second kappa shape index (κ2) is 13.7. The zero-order valence-corrected chi connectivity index (χ0v) is 22.9. The average Bonchev–Trinajstić information content (AvgIpc) is 2.97. The molecule has 200 valence electrons. The minimum absolute atomic E-state index is 0.169. The van der Waals surface area contributed by atoms with Gasteiger partial charge in [0.2, 0.25) is 5.91 Å². The van der Waals surface area contributed by atoms with Crippen LogP contribution in [0.25, 0.3) is 0 Å². The second-order valence-electron chi connectivity index (χ2n) is 8.75. The lowest BCUT2D eigenvalue weighted by Gasteiger charge is -2.31. The number of methoxy groups -OCH3 is 1. The van der Waals surface area contributed by atoms with Crippen LogP contribution in [0.5, 0.6) is 11.5 Å². The van der Waals surface area contributed by atoms with Crippen molar-refractivity contribution in [3.8, 4) is 11.5 Å². The van der Waals surface area contributed by atoms with E-state index >= 15 is 0 Å². The molecule has 0 aliphatic rings. The maximum atomic E-state index is 13.7. The molecule has 6 nitrogen and oxygen atoms in total. The molecule has 0 unspecified atom stereocenters. The van der Waals surface area contributed by atoms with Crippen molar-refractivity contribution in [3.05, 3.63) is 130 Å². The van der Waals surface area contributed by atoms with E-state index in [1.807, 2.05) is 66.7 Å². The summed E-state index contributed by atoms with van der Waals surface area (Å²) in [6.07, 6.45) is 0. The highest BCUT2D eigenvalue weighted by Crippen LogP contribution is 2.27. The largest absolute Gasteiger partial charge is 0.497 e. The first-order chi connectivity index (χ1) is 18.9. The van der Waals surface area contributed by atoms with Crippen molar-refractivity contribution in [1.29, 1.82) is 0 Å². The van der Waals surface area contributed by atoms with Crippen molar-refractivity contribution in [2.24, 2.45) is 0 Å². The topological polar surface area (TPSA) is 67.9 Å². The zero-order valence-electron chi connectivity index (χ0n) is 21.3. The van der Waals surface area contributed by atoms with Crippen LogP contribution in [0.2, 0.25) is 10.0 Å². The first-order valence-electron chi connectivity index (χ1n) is 12.3. The van der Waals surface area contributed by atoms with E-state index in [4.69, 9.17) is 32.7 Å². The van der Waals surface area contributed by atoms with E-state index in [1.165, 1.54) is 4.90 Å². The fourth-order valence-corrected chi connectivity index (χ4v) is 4.35. The third kappa shape index (κ3) is 7.76. The molecule has 0 spiro atoms. The average molecular weight is 563 g/mol. The monoisotopic (exact) mass is 562 g/mol. The van der Waals surface area contributed by atoms with Crippen LogP contribution in [-0.2, 0) is 22.7 Å². The number of halogens is 2. The summed E-state index contributed by atoms with van der Waals surface area (Å²) in [6, 6.07) is 29.8. The molecule has 0 fully saturated rings. The number of carbonyl (C=O) groups excluding carboxylic acids is 2. The lowest BCUT2D eigenvalue weighted by Crippen LogP contribution is -2.45. The van der Waals surface area contributed by atoms with E-state index in [9.17, 15) is 9.59 Å². The van der Waals surface area contributed by atoms with Crippen LogP contribution >= 0.6 is 23.2 Å². The molecule has 1 N–H and O–H groups in total. The smallest absolute Gasteiger partial charge is 0.261 e. The Morgan fingerprint density at radius 1 is 0.821 bits per heavy atom. The van der Waals surface area contributed by atoms with E-state index in [2.05, 4.69) is 5.32 Å². The maximum absolute atomic E-state index is 13.7. The number of amides is 2. The lowest BCUT2D eigenvalue weighted by atomic mass is 10.0. The standard InChI is InChI=1S/C31H28Cl2N2O4/c1-38-26-17-13-23(14-18-26)20-35(29(36)21-39-28-10-6-5-9-27(28)33)30(24-7-3-2-4-8-24)31(37)34-19-22-11-15-25(32)16-12-22/h2-18,30H,19-21H2,1H3,(H,34,37)/t30-/m1/s1. The quantitative estimate of drug-likeness (QED) is 0.227. The van der Waals surface area contributed by atoms with E-state index < -0.39 is 6.04 Å². The molecule has 1 atom stereocenters. The van der Waals surface area contributed by atoms with Gasteiger partial charge in [0.25, 0.3) is 5.91 Å². The van der Waals surface area contributed by atoms with Crippen LogP contribution in [0.4, 0.5) is 0 Å². The third-order valence-electron chi connectivity index (χ3n) is 6.08. The predicted molar refractivity (Wildman–Crippen MR) is 153 cm³/mol. The van der Waals surface area contributed by atoms with Crippen LogP contribution in [-0.4, -0.2) is 30.4 Å². The third-order valence-corrected chi connectivity index (χ3v) is 6.64. The summed E-state index contributed by atoms with van der Waals surface area (Å²) in [4.78, 5) is 29.0. The molecule has 0 saturated carbocycles. The Hall–Kier alpha value is -4.00. The molecule has 0 aliphatic heterocycles. The molecule has 39 heavy (non-hydrogen) atoms. The Morgan fingerprint density at radius 2 is 1.46 bits per heavy atom. The van der Waals surface area contributed by atoms with Gasteiger partial charge in [-0.2, -0.15) is 0 Å². The number of hydrogen-bond acceptors (Lipinski definition) is 4. The van der Waals surface area contributed by atoms with Gasteiger partial charge in [0.1, 0.15) is 17.5 Å². The van der Waals surface area contributed by atoms with Gasteiger partial charge in [-0.05, 0) is 53.1 Å². The molecule has 4 aromatic carbocycles. The van der Waals surface area contributed by atoms with Gasteiger partial charge < -0.3 is 19.7 Å². The zero-order chi connectivity index (χ0) is 27.6. The summed E-state index contributed by atoms with van der Waals surface area (Å²) in [6.45, 7) is 0.149. The maximum Gasteiger partial charge on any atom is 0.261 e. The molecular formula is C31H28Cl2N2O4. The first-order valence-corrected chi connectivity index (χ1v) is 13.1. The van der Waals surface area contributed by atoms with E-state index in [1.54, 1.807) is 43.5 Å². The molecule has 0 aromatic heterocycles. The molecule has 8 heteroatoms. The highest BCUT2D eigenvalue weighted by atomic mass is 35.5. The van der Waals surface area contributed by atoms with Crippen molar-refractivity contribution in [3.63, 3.8) is 0 Å². The van der Waals surface area contributed by atoms with Gasteiger partial charge in [0.05, 0.1) is 12.1 Å². The van der Waals surface area contributed by atoms with Crippen molar-refractivity contribution < 1.29 is 19.1 Å². The van der Waals surface area contributed by atoms with Crippen molar-refractivity contribution in [1.82, 2.24) is 10.2 Å². The fraction of sp³-hybridized carbons (Fsp3) is 0.161. The van der Waals surface area contributed by atoms with Gasteiger partial charge >= 0.3 is 0 Å². The number of hydrogen-bond donors (Lipinski definition) is 1. The van der Waals surface area contributed by atoms with E-state index in [-0.39, 0.29) is 31.5 Å². The normalized spacial score (nSPS) is 11.4. The summed E-state index contributed by atoms with van der Waals surface area (Å²) in [5.74, 6) is 0.386.